The van der Waals surface area contributed by atoms with Crippen molar-refractivity contribution in [3.8, 4) is 0 Å². The summed E-state index contributed by atoms with van der Waals surface area (Å²) < 4.78 is 0. The molecule has 54 valence electrons. The molecule has 0 atom stereocenters. The van der Waals surface area contributed by atoms with E-state index in [1.807, 2.05) is 0 Å². The maximum atomic E-state index is 2.24. The van der Waals surface area contributed by atoms with Gasteiger partial charge in [-0.15, -0.1) is 0 Å². The maximum Gasteiger partial charge on any atom is 0 e. The van der Waals surface area contributed by atoms with Crippen molar-refractivity contribution in [2.75, 3.05) is 0 Å². The van der Waals surface area contributed by atoms with Gasteiger partial charge in [0.05, 0.1) is 0 Å². The first-order valence-electron chi connectivity index (χ1n) is 3.68. The van der Waals surface area contributed by atoms with Crippen molar-refractivity contribution in [2.24, 2.45) is 0 Å². The quantitative estimate of drug-likeness (QED) is 0.683. The topological polar surface area (TPSA) is 0 Å². The van der Waals surface area contributed by atoms with Crippen LogP contribution in [0.4, 0.5) is 0 Å². The van der Waals surface area contributed by atoms with Gasteiger partial charge in [-0.2, -0.15) is 19.3 Å². The Labute approximate surface area is 83.2 Å². The Morgan fingerprint density at radius 2 is 1.44 bits per heavy atom. The maximum absolute atomic E-state index is 2.24. The van der Waals surface area contributed by atoms with Gasteiger partial charge in [0.15, 0.2) is 0 Å². The summed E-state index contributed by atoms with van der Waals surface area (Å²) in [4.78, 5) is 0. The molecule has 0 nitrogen and oxygen atoms in total. The van der Waals surface area contributed by atoms with Crippen LogP contribution >= 0.6 is 0 Å². The fraction of sp³-hybridized carbons (Fsp3) is 0.875. The molecule has 0 aromatic heterocycles. The van der Waals surface area contributed by atoms with Crippen LogP contribution in [0.2, 0.25) is 0 Å². The minimum absolute atomic E-state index is 0. The minimum atomic E-state index is 0. The van der Waals surface area contributed by atoms with Crippen LogP contribution in [0, 0.1) is 37.0 Å². The third kappa shape index (κ3) is 6.94. The van der Waals surface area contributed by atoms with Crippen LogP contribution in [0.1, 0.15) is 46.5 Å². The van der Waals surface area contributed by atoms with E-state index in [2.05, 4.69) is 20.8 Å². The smallest absolute Gasteiger partial charge is 0 e. The zero-order chi connectivity index (χ0) is 6.41. The predicted molar refractivity (Wildman–Crippen MR) is 38.7 cm³/mol. The predicted octanol–water partition coefficient (Wildman–Crippen LogP) is 3.18. The van der Waals surface area contributed by atoms with E-state index in [1.54, 1.807) is 5.92 Å². The van der Waals surface area contributed by atoms with E-state index in [9.17, 15) is 0 Å². The summed E-state index contributed by atoms with van der Waals surface area (Å²) in [5.74, 6) is 1.72. The molecule has 0 saturated carbocycles. The molecule has 0 heterocycles. The molecule has 0 aromatic carbocycles. The van der Waals surface area contributed by atoms with Crippen molar-refractivity contribution in [3.63, 3.8) is 0 Å². The average molecular weight is 351 g/mol. The van der Waals surface area contributed by atoms with Gasteiger partial charge in [-0.1, -0.05) is 27.2 Å². The summed E-state index contributed by atoms with van der Waals surface area (Å²) in [5, 5.41) is 0. The summed E-state index contributed by atoms with van der Waals surface area (Å²) in [6.07, 6.45) is 5.22. The Hall–Kier alpha value is 1.05. The molecule has 9 heavy (non-hydrogen) atoms. The molecule has 0 rings (SSSR count). The normalized spacial score (nSPS) is 9.33. The second kappa shape index (κ2) is 9.05. The summed E-state index contributed by atoms with van der Waals surface area (Å²) in [6, 6.07) is 0. The summed E-state index contributed by atoms with van der Waals surface area (Å²) in [5.41, 5.74) is 0. The molecule has 0 saturated heterocycles. The third-order valence-electron chi connectivity index (χ3n) is 1.60. The van der Waals surface area contributed by atoms with Gasteiger partial charge >= 0.3 is 0 Å². The van der Waals surface area contributed by atoms with Gasteiger partial charge in [0, 0.05) is 31.1 Å². The van der Waals surface area contributed by atoms with Crippen LogP contribution in [0.15, 0.2) is 0 Å². The van der Waals surface area contributed by atoms with Gasteiger partial charge in [-0.25, -0.2) is 0 Å². The number of hydrogen-bond donors (Lipinski definition) is 0. The van der Waals surface area contributed by atoms with Crippen LogP contribution in [0.3, 0.4) is 0 Å². The van der Waals surface area contributed by atoms with Crippen LogP contribution < -0.4 is 0 Å². The van der Waals surface area contributed by atoms with E-state index < -0.39 is 0 Å². The van der Waals surface area contributed by atoms with E-state index in [1.165, 1.54) is 25.7 Å². The van der Waals surface area contributed by atoms with Gasteiger partial charge in [0.1, 0.15) is 0 Å². The van der Waals surface area contributed by atoms with Gasteiger partial charge < -0.3 is 5.92 Å². The zero-order valence-corrected chi connectivity index (χ0v) is 11.0. The molecule has 0 spiro atoms. The Morgan fingerprint density at radius 3 is 1.56 bits per heavy atom. The molecule has 0 aliphatic heterocycles. The Balaban J connectivity index is 0. The molecule has 1 heteroatoms. The van der Waals surface area contributed by atoms with Gasteiger partial charge in [0.2, 0.25) is 0 Å². The van der Waals surface area contributed by atoms with Crippen molar-refractivity contribution in [3.05, 3.63) is 5.92 Å². The summed E-state index contributed by atoms with van der Waals surface area (Å²) in [7, 11) is 0. The summed E-state index contributed by atoms with van der Waals surface area (Å²) >= 11 is 0. The van der Waals surface area contributed by atoms with E-state index in [-0.39, 0.29) is 31.1 Å². The first kappa shape index (κ1) is 12.7. The van der Waals surface area contributed by atoms with Crippen LogP contribution in [0.5, 0.6) is 0 Å². The van der Waals surface area contributed by atoms with E-state index in [4.69, 9.17) is 0 Å². The van der Waals surface area contributed by atoms with Crippen LogP contribution in [0.25, 0.3) is 0 Å². The molecule has 0 N–H and O–H groups in total. The molecule has 0 amide bonds. The minimum Gasteiger partial charge on any atom is -0.314 e. The first-order valence-corrected chi connectivity index (χ1v) is 3.68. The fourth-order valence-corrected chi connectivity index (χ4v) is 0.957. The Morgan fingerprint density at radius 1 is 1.00 bits per heavy atom. The molecule has 0 unspecified atom stereocenters. The van der Waals surface area contributed by atoms with Crippen LogP contribution in [-0.2, 0) is 0 Å². The standard InChI is InChI=1S/C8H17.U/c1-4-7-8(5-2)6-3;/h4-7H2,1-3H3;/q-1;. The van der Waals surface area contributed by atoms with Crippen molar-refractivity contribution in [1.29, 1.82) is 0 Å². The molecular formula is C8H17U-. The second-order valence-electron chi connectivity index (χ2n) is 2.21. The summed E-state index contributed by atoms with van der Waals surface area (Å²) in [6.45, 7) is 6.73. The SMILES string of the molecule is CCC[C-](CC)CC.[U]. The van der Waals surface area contributed by atoms with Crippen molar-refractivity contribution in [1.82, 2.24) is 0 Å². The molecule has 0 radical (unpaired) electrons. The molecule has 0 bridgehead atoms. The monoisotopic (exact) mass is 351 g/mol. The Bertz CT molecular complexity index is 39.8. The largest absolute Gasteiger partial charge is 0.314 e. The molecule has 0 aliphatic carbocycles. The van der Waals surface area contributed by atoms with E-state index in [0.717, 1.165) is 0 Å². The number of rotatable bonds is 4. The zero-order valence-electron chi connectivity index (χ0n) is 6.83. The molecule has 0 aliphatic rings. The second-order valence-corrected chi connectivity index (χ2v) is 2.21. The van der Waals surface area contributed by atoms with Crippen molar-refractivity contribution >= 4 is 0 Å². The molecular weight excluding hydrogens is 334 g/mol. The average Bonchev–Trinajstić information content (AvgIpc) is 1.83. The molecule has 0 aromatic rings. The van der Waals surface area contributed by atoms with Crippen molar-refractivity contribution in [2.45, 2.75) is 46.5 Å². The number of hydrogen-bond acceptors (Lipinski definition) is 0. The van der Waals surface area contributed by atoms with Crippen molar-refractivity contribution < 1.29 is 31.1 Å². The Kier molecular flexibility index (Phi) is 12.8. The van der Waals surface area contributed by atoms with Gasteiger partial charge in [-0.3, -0.25) is 0 Å². The molecule has 0 fully saturated rings. The van der Waals surface area contributed by atoms with Gasteiger partial charge in [0.25, 0.3) is 0 Å². The third-order valence-corrected chi connectivity index (χ3v) is 1.60. The van der Waals surface area contributed by atoms with Gasteiger partial charge in [-0.05, 0) is 0 Å². The fourth-order valence-electron chi connectivity index (χ4n) is 0.957. The first-order chi connectivity index (χ1) is 3.85. The van der Waals surface area contributed by atoms with E-state index in [0.29, 0.717) is 0 Å². The van der Waals surface area contributed by atoms with Crippen LogP contribution in [-0.4, -0.2) is 0 Å². The van der Waals surface area contributed by atoms with E-state index >= 15 is 0 Å².